The van der Waals surface area contributed by atoms with Gasteiger partial charge in [-0.2, -0.15) is 8.78 Å². The first kappa shape index (κ1) is 52.6. The molecular formula is C51H53F2N6O12PS. The highest BCUT2D eigenvalue weighted by Gasteiger charge is 2.51. The number of piperidine rings is 2. The van der Waals surface area contributed by atoms with Gasteiger partial charge in [0.15, 0.2) is 0 Å². The summed E-state index contributed by atoms with van der Waals surface area (Å²) in [6, 6.07) is 15.3. The molecule has 0 saturated carbocycles. The molecule has 8 amide bonds. The van der Waals surface area contributed by atoms with Gasteiger partial charge in [-0.15, -0.1) is 11.3 Å². The van der Waals surface area contributed by atoms with E-state index in [1.807, 2.05) is 30.3 Å². The third-order valence-corrected chi connectivity index (χ3v) is 15.5. The quantitative estimate of drug-likeness (QED) is 0.0533. The summed E-state index contributed by atoms with van der Waals surface area (Å²) in [6.45, 7) is 5.67. The van der Waals surface area contributed by atoms with Gasteiger partial charge in [-0.25, -0.2) is 0 Å². The highest BCUT2D eigenvalue weighted by atomic mass is 32.1. The molecule has 4 aromatic rings. The number of likely N-dealkylation sites (tertiary alicyclic amines) is 2. The van der Waals surface area contributed by atoms with Gasteiger partial charge >= 0.3 is 13.3 Å². The number of alkyl halides is 2. The molecule has 18 nitrogen and oxygen atoms in total. The van der Waals surface area contributed by atoms with Gasteiger partial charge in [-0.1, -0.05) is 69.0 Å². The summed E-state index contributed by atoms with van der Waals surface area (Å²) in [7, 11) is -5.86. The van der Waals surface area contributed by atoms with E-state index in [-0.39, 0.29) is 72.0 Å². The summed E-state index contributed by atoms with van der Waals surface area (Å²) in [6.07, 6.45) is 1.09. The molecule has 0 bridgehead atoms. The van der Waals surface area contributed by atoms with Gasteiger partial charge < -0.3 is 35.0 Å². The average molecular weight is 1040 g/mol. The normalized spacial score (nSPS) is 20.8. The minimum atomic E-state index is -5.86. The van der Waals surface area contributed by atoms with Crippen molar-refractivity contribution >= 4 is 76.3 Å². The maximum absolute atomic E-state index is 14.8. The third kappa shape index (κ3) is 11.3. The number of nitrogens with zero attached hydrogens (tertiary/aromatic N) is 3. The van der Waals surface area contributed by atoms with E-state index in [9.17, 15) is 61.5 Å². The van der Waals surface area contributed by atoms with Gasteiger partial charge in [0.1, 0.15) is 24.7 Å². The standard InChI is InChI=1S/C51H53F2N6O12PS/c1-50(2,3)43(56-45(63)40-24-32-23-33(15-18-39(32)73-40)51(52,53)72(68,69)70)49(67)58-27-34(25-38(58)48(66)57-21-9-13-31(26-57)30-11-5-4-6-12-30)71-28-42(61)54-20-8-7-10-29-14-16-35-36(22-29)47(65)59(46(35)64)37-17-19-41(60)55-44(37)62/h4-6,11-12,14-16,18,22-24,31,34,37-38,43H,8-9,13,17,19-21,25-28H2,1-3H3,(H,54,61)(H,56,63)(H,55,60,62)(H2,68,69,70)/t31-,34-,37?,38-,43?/m0/s1. The molecule has 0 spiro atoms. The number of fused-ring (bicyclic) bond motifs is 2. The SMILES string of the molecule is CC(C)(C)C(NC(=O)c1cc2cc(C(F)(F)P(=O)(O)O)ccc2s1)C(=O)N1C[C@@H](OCC(=O)NCCC#Cc2ccc3c(c2)C(=O)N(C2CCC(=O)NC2=O)C3=O)C[C@H]1C(=O)N1CCC[C@H](c2ccccc2)C1. The molecule has 0 radical (unpaired) electrons. The van der Waals surface area contributed by atoms with Crippen molar-refractivity contribution in [1.29, 1.82) is 0 Å². The summed E-state index contributed by atoms with van der Waals surface area (Å²) in [5, 5.41) is 7.82. The van der Waals surface area contributed by atoms with Gasteiger partial charge in [-0.3, -0.25) is 53.1 Å². The lowest BCUT2D eigenvalue weighted by Crippen LogP contribution is -2.58. The van der Waals surface area contributed by atoms with E-state index in [1.54, 1.807) is 31.7 Å². The zero-order valence-electron chi connectivity index (χ0n) is 40.0. The zero-order chi connectivity index (χ0) is 52.6. The number of ether oxygens (including phenoxy) is 1. The van der Waals surface area contributed by atoms with E-state index in [0.717, 1.165) is 46.8 Å². The summed E-state index contributed by atoms with van der Waals surface area (Å²) in [5.41, 5.74) is -4.62. The molecule has 384 valence electrons. The first-order valence-corrected chi connectivity index (χ1v) is 26.1. The molecule has 1 aromatic heterocycles. The Bertz CT molecular complexity index is 3020. The number of rotatable bonds is 13. The highest BCUT2D eigenvalue weighted by molar-refractivity contribution is 7.52. The maximum atomic E-state index is 14.8. The van der Waals surface area contributed by atoms with Crippen molar-refractivity contribution in [3.05, 3.63) is 105 Å². The van der Waals surface area contributed by atoms with E-state index >= 15 is 0 Å². The Morgan fingerprint density at radius 1 is 0.945 bits per heavy atom. The van der Waals surface area contributed by atoms with Crippen LogP contribution in [-0.2, 0) is 38.9 Å². The molecule has 3 aromatic carbocycles. The second-order valence-corrected chi connectivity index (χ2v) is 22.3. The fourth-order valence-electron chi connectivity index (χ4n) is 9.53. The van der Waals surface area contributed by atoms with E-state index < -0.39 is 96.4 Å². The van der Waals surface area contributed by atoms with Crippen molar-refractivity contribution in [3.63, 3.8) is 0 Å². The molecule has 5 N–H and O–H groups in total. The molecule has 8 rings (SSSR count). The number of hydrogen-bond acceptors (Lipinski definition) is 11. The number of carbonyl (C=O) groups excluding carboxylic acids is 8. The summed E-state index contributed by atoms with van der Waals surface area (Å²) in [4.78, 5) is 129. The Balaban J connectivity index is 0.920. The van der Waals surface area contributed by atoms with Gasteiger partial charge in [0, 0.05) is 67.2 Å². The summed E-state index contributed by atoms with van der Waals surface area (Å²) in [5.74, 6) is 1.31. The molecule has 4 aliphatic heterocycles. The molecule has 73 heavy (non-hydrogen) atoms. The van der Waals surface area contributed by atoms with Crippen molar-refractivity contribution in [2.75, 3.05) is 32.8 Å². The van der Waals surface area contributed by atoms with Crippen LogP contribution in [0, 0.1) is 17.3 Å². The van der Waals surface area contributed by atoms with Gasteiger partial charge in [0.2, 0.25) is 29.5 Å². The van der Waals surface area contributed by atoms with Crippen LogP contribution >= 0.6 is 18.9 Å². The van der Waals surface area contributed by atoms with E-state index in [2.05, 4.69) is 27.8 Å². The second-order valence-electron chi connectivity index (χ2n) is 19.5. The van der Waals surface area contributed by atoms with Crippen LogP contribution in [0.4, 0.5) is 8.78 Å². The molecule has 4 aliphatic rings. The van der Waals surface area contributed by atoms with Gasteiger partial charge in [0.25, 0.3) is 17.7 Å². The molecule has 5 atom stereocenters. The Morgan fingerprint density at radius 3 is 2.40 bits per heavy atom. The van der Waals surface area contributed by atoms with Gasteiger partial charge in [-0.05, 0) is 72.0 Å². The molecule has 0 aliphatic carbocycles. The van der Waals surface area contributed by atoms with Crippen molar-refractivity contribution in [1.82, 2.24) is 30.7 Å². The number of amides is 8. The third-order valence-electron chi connectivity index (χ3n) is 13.4. The molecule has 2 unspecified atom stereocenters. The lowest BCUT2D eigenvalue weighted by Gasteiger charge is -2.38. The van der Waals surface area contributed by atoms with Crippen LogP contribution in [0.2, 0.25) is 0 Å². The van der Waals surface area contributed by atoms with Crippen LogP contribution in [-0.4, -0.2) is 129 Å². The van der Waals surface area contributed by atoms with E-state index in [0.29, 0.717) is 23.4 Å². The number of hydrogen-bond donors (Lipinski definition) is 5. The predicted molar refractivity (Wildman–Crippen MR) is 261 cm³/mol. The Labute approximate surface area is 422 Å². The van der Waals surface area contributed by atoms with Crippen LogP contribution < -0.4 is 16.0 Å². The number of halogens is 2. The fourth-order valence-corrected chi connectivity index (χ4v) is 11.0. The van der Waals surface area contributed by atoms with Crippen LogP contribution in [0.5, 0.6) is 0 Å². The molecule has 3 fully saturated rings. The van der Waals surface area contributed by atoms with Crippen molar-refractivity contribution < 1.29 is 66.2 Å². The first-order valence-electron chi connectivity index (χ1n) is 23.7. The minimum absolute atomic E-state index is 0.00505. The van der Waals surface area contributed by atoms with Crippen LogP contribution in [0.15, 0.2) is 72.8 Å². The fraction of sp³-hybridized carbons (Fsp3) is 0.412. The summed E-state index contributed by atoms with van der Waals surface area (Å²) < 4.78 is 47.1. The lowest BCUT2D eigenvalue weighted by molar-refractivity contribution is -0.147. The van der Waals surface area contributed by atoms with Crippen molar-refractivity contribution in [2.45, 2.75) is 95.1 Å². The van der Waals surface area contributed by atoms with Crippen molar-refractivity contribution in [3.8, 4) is 11.8 Å². The van der Waals surface area contributed by atoms with Crippen LogP contribution in [0.25, 0.3) is 10.1 Å². The van der Waals surface area contributed by atoms with Crippen LogP contribution in [0.3, 0.4) is 0 Å². The average Bonchev–Trinajstić information content (AvgIpc) is 4.05. The zero-order valence-corrected chi connectivity index (χ0v) is 41.7. The van der Waals surface area contributed by atoms with Crippen molar-refractivity contribution in [2.24, 2.45) is 5.41 Å². The van der Waals surface area contributed by atoms with Gasteiger partial charge in [0.05, 0.1) is 22.1 Å². The monoisotopic (exact) mass is 1040 g/mol. The Hall–Kier alpha value is -6.69. The predicted octanol–water partition coefficient (Wildman–Crippen LogP) is 4.62. The Morgan fingerprint density at radius 2 is 1.68 bits per heavy atom. The minimum Gasteiger partial charge on any atom is -0.366 e. The van der Waals surface area contributed by atoms with E-state index in [4.69, 9.17) is 4.74 Å². The number of nitrogens with one attached hydrogen (secondary N) is 3. The maximum Gasteiger partial charge on any atom is 0.399 e. The number of carbonyl (C=O) groups is 8. The van der Waals surface area contributed by atoms with Crippen LogP contribution in [0.1, 0.15) is 112 Å². The molecule has 3 saturated heterocycles. The number of imide groups is 2. The topological polar surface area (TPSA) is 249 Å². The Kier molecular flexibility index (Phi) is 15.2. The number of benzene rings is 3. The van der Waals surface area contributed by atoms with E-state index in [1.165, 1.54) is 29.2 Å². The second kappa shape index (κ2) is 21.0. The highest BCUT2D eigenvalue weighted by Crippen LogP contribution is 2.59. The smallest absolute Gasteiger partial charge is 0.366 e. The lowest BCUT2D eigenvalue weighted by atomic mass is 9.85. The number of thiophene rings is 1. The molecule has 5 heterocycles. The first-order chi connectivity index (χ1) is 34.5. The molecule has 22 heteroatoms. The molecular weight excluding hydrogens is 990 g/mol. The summed E-state index contributed by atoms with van der Waals surface area (Å²) >= 11 is 0.934. The largest absolute Gasteiger partial charge is 0.399 e.